The van der Waals surface area contributed by atoms with Gasteiger partial charge in [0.25, 0.3) is 10.0 Å². The van der Waals surface area contributed by atoms with Gasteiger partial charge in [-0.25, -0.2) is 8.42 Å². The molecule has 0 amide bonds. The average Bonchev–Trinajstić information content (AvgIpc) is 2.25. The highest BCUT2D eigenvalue weighted by Gasteiger charge is 2.36. The molecular formula is C6H11NO2S3. The number of thioether (sulfide) groups is 2. The van der Waals surface area contributed by atoms with E-state index in [-0.39, 0.29) is 10.5 Å². The molecule has 1 atom stereocenters. The van der Waals surface area contributed by atoms with Crippen LogP contribution in [0, 0.1) is 5.92 Å². The van der Waals surface area contributed by atoms with Gasteiger partial charge in [0.1, 0.15) is 8.96 Å². The van der Waals surface area contributed by atoms with Crippen LogP contribution in [0.5, 0.6) is 0 Å². The van der Waals surface area contributed by atoms with Crippen LogP contribution in [0.25, 0.3) is 0 Å². The predicted octanol–water partition coefficient (Wildman–Crippen LogP) is 1.76. The molecule has 0 N–H and O–H groups in total. The molecule has 1 heterocycles. The maximum atomic E-state index is 11.4. The van der Waals surface area contributed by atoms with Crippen LogP contribution in [-0.4, -0.2) is 23.6 Å². The number of sulfonamides is 1. The largest absolute Gasteiger partial charge is 0.267 e. The van der Waals surface area contributed by atoms with E-state index in [0.717, 1.165) is 0 Å². The van der Waals surface area contributed by atoms with Gasteiger partial charge in [0.05, 0.1) is 0 Å². The first-order valence-electron chi connectivity index (χ1n) is 3.52. The molecule has 0 saturated heterocycles. The van der Waals surface area contributed by atoms with Crippen LogP contribution >= 0.6 is 23.5 Å². The van der Waals surface area contributed by atoms with Gasteiger partial charge < -0.3 is 0 Å². The second-order valence-electron chi connectivity index (χ2n) is 2.81. The van der Waals surface area contributed by atoms with Gasteiger partial charge >= 0.3 is 0 Å². The summed E-state index contributed by atoms with van der Waals surface area (Å²) in [5.74, 6) is 0.119. The van der Waals surface area contributed by atoms with Crippen LogP contribution in [0.15, 0.2) is 4.40 Å². The average molecular weight is 225 g/mol. The quantitative estimate of drug-likeness (QED) is 0.682. The van der Waals surface area contributed by atoms with E-state index in [1.54, 1.807) is 0 Å². The molecule has 0 saturated carbocycles. The molecule has 0 spiro atoms. The lowest BCUT2D eigenvalue weighted by Gasteiger charge is -2.09. The fraction of sp³-hybridized carbons (Fsp3) is 0.833. The summed E-state index contributed by atoms with van der Waals surface area (Å²) in [6, 6.07) is 0. The highest BCUT2D eigenvalue weighted by molar-refractivity contribution is 8.43. The zero-order valence-corrected chi connectivity index (χ0v) is 9.59. The Morgan fingerprint density at radius 2 is 2.17 bits per heavy atom. The Morgan fingerprint density at radius 1 is 1.58 bits per heavy atom. The molecule has 1 aliphatic rings. The van der Waals surface area contributed by atoms with Crippen LogP contribution in [0.3, 0.4) is 0 Å². The number of rotatable bonds is 1. The molecule has 6 heteroatoms. The van der Waals surface area contributed by atoms with Gasteiger partial charge in [0, 0.05) is 0 Å². The Hall–Kier alpha value is 0.320. The molecule has 0 aliphatic carbocycles. The van der Waals surface area contributed by atoms with Crippen LogP contribution in [-0.2, 0) is 10.0 Å². The van der Waals surface area contributed by atoms with Crippen LogP contribution in [0.4, 0.5) is 0 Å². The smallest absolute Gasteiger partial charge is 0.203 e. The van der Waals surface area contributed by atoms with Crippen LogP contribution < -0.4 is 0 Å². The summed E-state index contributed by atoms with van der Waals surface area (Å²) in [5.41, 5.74) is 0. The molecule has 70 valence electrons. The lowest BCUT2D eigenvalue weighted by Crippen LogP contribution is -2.17. The normalized spacial score (nSPS) is 27.7. The van der Waals surface area contributed by atoms with Crippen molar-refractivity contribution in [2.75, 3.05) is 6.26 Å². The maximum Gasteiger partial charge on any atom is 0.267 e. The summed E-state index contributed by atoms with van der Waals surface area (Å²) < 4.78 is 26.6. The summed E-state index contributed by atoms with van der Waals surface area (Å²) in [7, 11) is -3.22. The van der Waals surface area contributed by atoms with Gasteiger partial charge in [-0.1, -0.05) is 25.6 Å². The molecule has 0 aromatic carbocycles. The fourth-order valence-electron chi connectivity index (χ4n) is 0.903. The Balaban J connectivity index is 2.90. The van der Waals surface area contributed by atoms with E-state index in [2.05, 4.69) is 4.40 Å². The summed E-state index contributed by atoms with van der Waals surface area (Å²) >= 11 is 2.74. The summed E-state index contributed by atoms with van der Waals surface area (Å²) in [4.78, 5) is 0. The molecule has 0 radical (unpaired) electrons. The van der Waals surface area contributed by atoms with E-state index < -0.39 is 10.0 Å². The summed E-state index contributed by atoms with van der Waals surface area (Å²) in [5, 5.41) is 0. The second-order valence-corrected chi connectivity index (χ2v) is 7.01. The van der Waals surface area contributed by atoms with Gasteiger partial charge in [0.2, 0.25) is 0 Å². The van der Waals surface area contributed by atoms with Crippen molar-refractivity contribution in [1.29, 1.82) is 0 Å². The SMILES string of the molecule is CSC1=NS(=O)(=O)C(C(C)C)S1. The third kappa shape index (κ3) is 1.97. The highest BCUT2D eigenvalue weighted by atomic mass is 32.3. The van der Waals surface area contributed by atoms with Crippen molar-refractivity contribution >= 4 is 37.9 Å². The maximum absolute atomic E-state index is 11.4. The van der Waals surface area contributed by atoms with Crippen molar-refractivity contribution < 1.29 is 8.42 Å². The number of hydrogen-bond donors (Lipinski definition) is 0. The molecule has 1 aliphatic heterocycles. The molecule has 0 fully saturated rings. The van der Waals surface area contributed by atoms with Gasteiger partial charge in [-0.15, -0.1) is 16.2 Å². The van der Waals surface area contributed by atoms with Crippen molar-refractivity contribution in [2.45, 2.75) is 18.4 Å². The van der Waals surface area contributed by atoms with Crippen molar-refractivity contribution in [2.24, 2.45) is 10.3 Å². The Kier molecular flexibility index (Phi) is 3.11. The molecule has 12 heavy (non-hydrogen) atoms. The molecule has 0 aromatic rings. The van der Waals surface area contributed by atoms with Crippen molar-refractivity contribution in [3.63, 3.8) is 0 Å². The second kappa shape index (κ2) is 3.59. The van der Waals surface area contributed by atoms with Gasteiger partial charge in [-0.2, -0.15) is 0 Å². The molecule has 1 unspecified atom stereocenters. The zero-order valence-electron chi connectivity index (χ0n) is 7.14. The van der Waals surface area contributed by atoms with E-state index in [1.807, 2.05) is 20.1 Å². The lowest BCUT2D eigenvalue weighted by atomic mass is 10.3. The van der Waals surface area contributed by atoms with Gasteiger partial charge in [0.15, 0.2) is 0 Å². The van der Waals surface area contributed by atoms with Crippen molar-refractivity contribution in [3.05, 3.63) is 0 Å². The van der Waals surface area contributed by atoms with Crippen LogP contribution in [0.1, 0.15) is 13.8 Å². The zero-order chi connectivity index (χ0) is 9.35. The van der Waals surface area contributed by atoms with Gasteiger partial charge in [-0.05, 0) is 12.2 Å². The minimum Gasteiger partial charge on any atom is -0.203 e. The van der Waals surface area contributed by atoms with E-state index in [9.17, 15) is 8.42 Å². The molecule has 1 rings (SSSR count). The first-order valence-corrected chi connectivity index (χ1v) is 7.12. The van der Waals surface area contributed by atoms with Gasteiger partial charge in [-0.3, -0.25) is 0 Å². The third-order valence-electron chi connectivity index (χ3n) is 1.43. The van der Waals surface area contributed by atoms with E-state index >= 15 is 0 Å². The standard InChI is InChI=1S/C6H11NO2S3/c1-4(2)5-11-6(10-3)7-12(5,8)9/h4-5H,1-3H3. The first kappa shape index (κ1) is 10.4. The molecule has 3 nitrogen and oxygen atoms in total. The monoisotopic (exact) mass is 225 g/mol. The highest BCUT2D eigenvalue weighted by Crippen LogP contribution is 2.36. The van der Waals surface area contributed by atoms with E-state index in [0.29, 0.717) is 4.38 Å². The van der Waals surface area contributed by atoms with E-state index in [4.69, 9.17) is 0 Å². The third-order valence-corrected chi connectivity index (χ3v) is 6.55. The fourth-order valence-corrected chi connectivity index (χ4v) is 5.23. The minimum atomic E-state index is -3.22. The van der Waals surface area contributed by atoms with Crippen molar-refractivity contribution in [1.82, 2.24) is 0 Å². The van der Waals surface area contributed by atoms with Crippen LogP contribution in [0.2, 0.25) is 0 Å². The number of nitrogens with zero attached hydrogens (tertiary/aromatic N) is 1. The summed E-state index contributed by atoms with van der Waals surface area (Å²) in [6.45, 7) is 3.79. The molecule has 0 bridgehead atoms. The lowest BCUT2D eigenvalue weighted by molar-refractivity contribution is 0.578. The first-order chi connectivity index (χ1) is 5.47. The Labute approximate surface area is 81.5 Å². The molecule has 0 aromatic heterocycles. The minimum absolute atomic E-state index is 0.119. The Morgan fingerprint density at radius 3 is 2.42 bits per heavy atom. The topological polar surface area (TPSA) is 46.5 Å². The summed E-state index contributed by atoms with van der Waals surface area (Å²) in [6.07, 6.45) is 1.84. The number of hydrogen-bond acceptors (Lipinski definition) is 4. The van der Waals surface area contributed by atoms with Crippen molar-refractivity contribution in [3.8, 4) is 0 Å². The molecular weight excluding hydrogens is 214 g/mol. The van der Waals surface area contributed by atoms with E-state index in [1.165, 1.54) is 23.5 Å². The predicted molar refractivity (Wildman–Crippen MR) is 56.1 cm³/mol. The Bertz CT molecular complexity index is 294.